The third-order valence-corrected chi connectivity index (χ3v) is 4.37. The van der Waals surface area contributed by atoms with E-state index in [4.69, 9.17) is 10.5 Å². The van der Waals surface area contributed by atoms with Crippen LogP contribution in [0.2, 0.25) is 0 Å². The van der Waals surface area contributed by atoms with E-state index in [9.17, 15) is 4.79 Å². The Kier molecular flexibility index (Phi) is 4.84. The largest absolute Gasteiger partial charge is 0.464 e. The molecule has 0 spiro atoms. The molecule has 0 aliphatic heterocycles. The van der Waals surface area contributed by atoms with Gasteiger partial charge in [-0.05, 0) is 37.5 Å². The number of ether oxygens (including phenoxy) is 1. The Hall–Kier alpha value is -0.570. The predicted molar refractivity (Wildman–Crippen MR) is 67.5 cm³/mol. The van der Waals surface area contributed by atoms with Crippen LogP contribution in [0.1, 0.15) is 57.8 Å². The molecule has 2 N–H and O–H groups in total. The summed E-state index contributed by atoms with van der Waals surface area (Å²) in [7, 11) is 0. The van der Waals surface area contributed by atoms with Gasteiger partial charge in [0.1, 0.15) is 6.04 Å². The normalized spacial score (nSPS) is 24.8. The van der Waals surface area contributed by atoms with Gasteiger partial charge in [-0.25, -0.2) is 0 Å². The third kappa shape index (κ3) is 3.70. The highest BCUT2D eigenvalue weighted by atomic mass is 16.5. The average molecular weight is 239 g/mol. The van der Waals surface area contributed by atoms with Crippen LogP contribution in [0.15, 0.2) is 0 Å². The molecule has 2 fully saturated rings. The molecule has 17 heavy (non-hydrogen) atoms. The van der Waals surface area contributed by atoms with E-state index >= 15 is 0 Å². The SMILES string of the molecule is NC(C(=O)OCC1CCCC1)C1CCCCC1. The van der Waals surface area contributed by atoms with Crippen molar-refractivity contribution in [2.24, 2.45) is 17.6 Å². The van der Waals surface area contributed by atoms with Crippen molar-refractivity contribution < 1.29 is 9.53 Å². The predicted octanol–water partition coefficient (Wildman–Crippen LogP) is 2.63. The van der Waals surface area contributed by atoms with Crippen LogP contribution in [0.4, 0.5) is 0 Å². The smallest absolute Gasteiger partial charge is 0.323 e. The molecule has 1 atom stereocenters. The molecular formula is C14H25NO2. The number of carbonyl (C=O) groups is 1. The van der Waals surface area contributed by atoms with Gasteiger partial charge < -0.3 is 10.5 Å². The van der Waals surface area contributed by atoms with Crippen LogP contribution in [0.3, 0.4) is 0 Å². The number of esters is 1. The number of hydrogen-bond acceptors (Lipinski definition) is 3. The zero-order valence-corrected chi connectivity index (χ0v) is 10.7. The number of carbonyl (C=O) groups excluding carboxylic acids is 1. The maximum Gasteiger partial charge on any atom is 0.323 e. The molecule has 3 nitrogen and oxygen atoms in total. The van der Waals surface area contributed by atoms with Gasteiger partial charge in [-0.15, -0.1) is 0 Å². The van der Waals surface area contributed by atoms with Gasteiger partial charge >= 0.3 is 5.97 Å². The summed E-state index contributed by atoms with van der Waals surface area (Å²) in [5.74, 6) is 0.793. The quantitative estimate of drug-likeness (QED) is 0.767. The molecule has 98 valence electrons. The maximum atomic E-state index is 11.9. The van der Waals surface area contributed by atoms with E-state index in [1.807, 2.05) is 0 Å². The zero-order valence-electron chi connectivity index (χ0n) is 10.7. The standard InChI is InChI=1S/C14H25NO2/c15-13(12-8-2-1-3-9-12)14(16)17-10-11-6-4-5-7-11/h11-13H,1-10,15H2. The molecule has 2 saturated carbocycles. The van der Waals surface area contributed by atoms with Gasteiger partial charge in [-0.2, -0.15) is 0 Å². The summed E-state index contributed by atoms with van der Waals surface area (Å²) >= 11 is 0. The molecule has 0 aromatic carbocycles. The first-order valence-electron chi connectivity index (χ1n) is 7.19. The van der Waals surface area contributed by atoms with Gasteiger partial charge in [-0.1, -0.05) is 32.1 Å². The average Bonchev–Trinajstić information content (AvgIpc) is 2.89. The Morgan fingerprint density at radius 3 is 2.29 bits per heavy atom. The van der Waals surface area contributed by atoms with Crippen molar-refractivity contribution in [2.45, 2.75) is 63.8 Å². The molecule has 1 unspecified atom stereocenters. The number of hydrogen-bond donors (Lipinski definition) is 1. The summed E-state index contributed by atoms with van der Waals surface area (Å²) in [5, 5.41) is 0. The fourth-order valence-corrected chi connectivity index (χ4v) is 3.16. The van der Waals surface area contributed by atoms with Gasteiger partial charge in [0.2, 0.25) is 0 Å². The van der Waals surface area contributed by atoms with E-state index in [0.717, 1.165) is 12.8 Å². The second-order valence-electron chi connectivity index (χ2n) is 5.70. The zero-order chi connectivity index (χ0) is 12.1. The lowest BCUT2D eigenvalue weighted by molar-refractivity contribution is -0.148. The molecule has 2 aliphatic rings. The summed E-state index contributed by atoms with van der Waals surface area (Å²) in [4.78, 5) is 11.9. The topological polar surface area (TPSA) is 52.3 Å². The second-order valence-corrected chi connectivity index (χ2v) is 5.70. The molecule has 0 amide bonds. The third-order valence-electron chi connectivity index (χ3n) is 4.37. The summed E-state index contributed by atoms with van der Waals surface area (Å²) in [5.41, 5.74) is 6.00. The van der Waals surface area contributed by atoms with E-state index < -0.39 is 0 Å². The van der Waals surface area contributed by atoms with Crippen molar-refractivity contribution in [3.8, 4) is 0 Å². The summed E-state index contributed by atoms with van der Waals surface area (Å²) in [6.45, 7) is 0.596. The van der Waals surface area contributed by atoms with Crippen molar-refractivity contribution in [1.29, 1.82) is 0 Å². The molecule has 2 rings (SSSR count). The Balaban J connectivity index is 1.70. The second kappa shape index (κ2) is 6.39. The fraction of sp³-hybridized carbons (Fsp3) is 0.929. The number of nitrogens with two attached hydrogens (primary N) is 1. The monoisotopic (exact) mass is 239 g/mol. The highest BCUT2D eigenvalue weighted by Crippen LogP contribution is 2.27. The van der Waals surface area contributed by atoms with E-state index in [2.05, 4.69) is 0 Å². The lowest BCUT2D eigenvalue weighted by Gasteiger charge is -2.26. The molecule has 2 aliphatic carbocycles. The van der Waals surface area contributed by atoms with Crippen molar-refractivity contribution in [3.05, 3.63) is 0 Å². The molecule has 0 aromatic heterocycles. The minimum Gasteiger partial charge on any atom is -0.464 e. The first kappa shape index (κ1) is 12.9. The van der Waals surface area contributed by atoms with Crippen LogP contribution in [-0.4, -0.2) is 18.6 Å². The maximum absolute atomic E-state index is 11.9. The Labute approximate surface area is 104 Å². The van der Waals surface area contributed by atoms with Crippen LogP contribution >= 0.6 is 0 Å². The van der Waals surface area contributed by atoms with Crippen LogP contribution in [0.5, 0.6) is 0 Å². The van der Waals surface area contributed by atoms with Crippen LogP contribution in [0, 0.1) is 11.8 Å². The lowest BCUT2D eigenvalue weighted by Crippen LogP contribution is -2.40. The summed E-state index contributed by atoms with van der Waals surface area (Å²) in [6.07, 6.45) is 10.9. The van der Waals surface area contributed by atoms with E-state index in [1.54, 1.807) is 0 Å². The minimum atomic E-state index is -0.378. The van der Waals surface area contributed by atoms with E-state index in [-0.39, 0.29) is 12.0 Å². The van der Waals surface area contributed by atoms with Crippen LogP contribution < -0.4 is 5.73 Å². The minimum absolute atomic E-state index is 0.163. The fourth-order valence-electron chi connectivity index (χ4n) is 3.16. The highest BCUT2D eigenvalue weighted by Gasteiger charge is 2.28. The van der Waals surface area contributed by atoms with Gasteiger partial charge in [0.05, 0.1) is 6.61 Å². The van der Waals surface area contributed by atoms with Gasteiger partial charge in [0, 0.05) is 0 Å². The highest BCUT2D eigenvalue weighted by molar-refractivity contribution is 5.75. The van der Waals surface area contributed by atoms with Gasteiger partial charge in [0.15, 0.2) is 0 Å². The van der Waals surface area contributed by atoms with Crippen LogP contribution in [0.25, 0.3) is 0 Å². The molecule has 0 bridgehead atoms. The van der Waals surface area contributed by atoms with E-state index in [1.165, 1.54) is 44.9 Å². The van der Waals surface area contributed by atoms with Gasteiger partial charge in [-0.3, -0.25) is 4.79 Å². The number of rotatable bonds is 4. The molecule has 0 heterocycles. The van der Waals surface area contributed by atoms with E-state index in [0.29, 0.717) is 18.4 Å². The Morgan fingerprint density at radius 2 is 1.65 bits per heavy atom. The summed E-state index contributed by atoms with van der Waals surface area (Å²) in [6, 6.07) is -0.378. The molecule has 0 aromatic rings. The molecular weight excluding hydrogens is 214 g/mol. The Bertz CT molecular complexity index is 243. The Morgan fingerprint density at radius 1 is 1.06 bits per heavy atom. The molecule has 0 saturated heterocycles. The van der Waals surface area contributed by atoms with Gasteiger partial charge in [0.25, 0.3) is 0 Å². The van der Waals surface area contributed by atoms with Crippen LogP contribution in [-0.2, 0) is 9.53 Å². The molecule has 3 heteroatoms. The van der Waals surface area contributed by atoms with Crippen molar-refractivity contribution in [3.63, 3.8) is 0 Å². The summed E-state index contributed by atoms with van der Waals surface area (Å²) < 4.78 is 5.38. The van der Waals surface area contributed by atoms with Crippen molar-refractivity contribution in [2.75, 3.05) is 6.61 Å². The molecule has 0 radical (unpaired) electrons. The first-order chi connectivity index (χ1) is 8.27. The van der Waals surface area contributed by atoms with Crippen molar-refractivity contribution in [1.82, 2.24) is 0 Å². The first-order valence-corrected chi connectivity index (χ1v) is 7.19. The lowest BCUT2D eigenvalue weighted by atomic mass is 9.84. The van der Waals surface area contributed by atoms with Crippen molar-refractivity contribution >= 4 is 5.97 Å².